The summed E-state index contributed by atoms with van der Waals surface area (Å²) in [7, 11) is 0. The van der Waals surface area contributed by atoms with Crippen LogP contribution in [0.15, 0.2) is 30.6 Å². The second-order valence-electron chi connectivity index (χ2n) is 6.59. The van der Waals surface area contributed by atoms with Crippen molar-refractivity contribution in [3.8, 4) is 11.8 Å². The zero-order valence-electron chi connectivity index (χ0n) is 14.2. The zero-order chi connectivity index (χ0) is 18.1. The van der Waals surface area contributed by atoms with E-state index in [0.717, 1.165) is 43.9 Å². The second kappa shape index (κ2) is 7.32. The molecule has 0 unspecified atom stereocenters. The summed E-state index contributed by atoms with van der Waals surface area (Å²) >= 11 is 12.2. The van der Waals surface area contributed by atoms with Crippen LogP contribution >= 0.6 is 23.2 Å². The third-order valence-electron chi connectivity index (χ3n) is 5.01. The highest BCUT2D eigenvalue weighted by Gasteiger charge is 2.37. The lowest BCUT2D eigenvalue weighted by Gasteiger charge is -2.39. The highest BCUT2D eigenvalue weighted by molar-refractivity contribution is 6.35. The van der Waals surface area contributed by atoms with E-state index in [2.05, 4.69) is 31.6 Å². The monoisotopic (exact) mass is 387 g/mol. The van der Waals surface area contributed by atoms with Gasteiger partial charge in [0.05, 0.1) is 11.1 Å². The first-order valence-corrected chi connectivity index (χ1v) is 9.41. The van der Waals surface area contributed by atoms with Gasteiger partial charge in [-0.15, -0.1) is 0 Å². The summed E-state index contributed by atoms with van der Waals surface area (Å²) < 4.78 is 0. The third kappa shape index (κ3) is 3.45. The predicted molar refractivity (Wildman–Crippen MR) is 106 cm³/mol. The smallest absolute Gasteiger partial charge is 0.171 e. The minimum Gasteiger partial charge on any atom is -0.381 e. The van der Waals surface area contributed by atoms with Gasteiger partial charge in [-0.1, -0.05) is 35.0 Å². The number of hydrogen-bond donors (Lipinski definition) is 1. The standard InChI is InChI=1S/C19H19Cl2N5/c20-14-3-1-13(17(21)11-14)2-4-15-5-6-16-12-25(9-10-26(15)16)19-18(22)23-7-8-24-19/h1,3,7-8,11,15-16H,5-6,9-10,12H2,(H2,22,23)/t15-,16-/m0/s1. The van der Waals surface area contributed by atoms with Crippen molar-refractivity contribution in [2.75, 3.05) is 30.3 Å². The van der Waals surface area contributed by atoms with Crippen LogP contribution < -0.4 is 10.6 Å². The van der Waals surface area contributed by atoms with Crippen molar-refractivity contribution in [1.82, 2.24) is 14.9 Å². The SMILES string of the molecule is Nc1nccnc1N1CCN2[C@@H](CC[C@@H]2C#Cc2ccc(Cl)cc2Cl)C1. The Balaban J connectivity index is 1.46. The molecule has 2 aliphatic rings. The van der Waals surface area contributed by atoms with Crippen LogP contribution in [-0.2, 0) is 0 Å². The first-order valence-electron chi connectivity index (χ1n) is 8.65. The van der Waals surface area contributed by atoms with Crippen molar-refractivity contribution >= 4 is 34.8 Å². The Morgan fingerprint density at radius 1 is 1.12 bits per heavy atom. The predicted octanol–water partition coefficient (Wildman–Crippen LogP) is 3.07. The van der Waals surface area contributed by atoms with E-state index in [1.54, 1.807) is 18.5 Å². The van der Waals surface area contributed by atoms with E-state index < -0.39 is 0 Å². The quantitative estimate of drug-likeness (QED) is 0.761. The summed E-state index contributed by atoms with van der Waals surface area (Å²) in [6, 6.07) is 6.14. The number of nitrogens with zero attached hydrogens (tertiary/aromatic N) is 4. The number of halogens is 2. The van der Waals surface area contributed by atoms with Crippen LogP contribution in [0.5, 0.6) is 0 Å². The maximum Gasteiger partial charge on any atom is 0.171 e. The summed E-state index contributed by atoms with van der Waals surface area (Å²) in [5, 5.41) is 1.23. The molecule has 7 heteroatoms. The van der Waals surface area contributed by atoms with Gasteiger partial charge >= 0.3 is 0 Å². The number of rotatable bonds is 1. The summed E-state index contributed by atoms with van der Waals surface area (Å²) in [6.45, 7) is 2.72. The fraction of sp³-hybridized carbons (Fsp3) is 0.368. The number of fused-ring (bicyclic) bond motifs is 1. The first kappa shape index (κ1) is 17.4. The minimum atomic E-state index is 0.257. The summed E-state index contributed by atoms with van der Waals surface area (Å²) in [6.07, 6.45) is 5.49. The molecule has 134 valence electrons. The molecule has 2 fully saturated rings. The zero-order valence-corrected chi connectivity index (χ0v) is 15.7. The molecule has 2 atom stereocenters. The maximum atomic E-state index is 6.22. The van der Waals surface area contributed by atoms with Gasteiger partial charge in [0, 0.05) is 48.7 Å². The average Bonchev–Trinajstić information content (AvgIpc) is 3.04. The van der Waals surface area contributed by atoms with Crippen molar-refractivity contribution < 1.29 is 0 Å². The van der Waals surface area contributed by atoms with Crippen molar-refractivity contribution in [2.24, 2.45) is 0 Å². The van der Waals surface area contributed by atoms with E-state index in [-0.39, 0.29) is 6.04 Å². The lowest BCUT2D eigenvalue weighted by atomic mass is 10.1. The lowest BCUT2D eigenvalue weighted by Crippen LogP contribution is -2.52. The molecule has 0 aliphatic carbocycles. The van der Waals surface area contributed by atoms with E-state index in [1.165, 1.54) is 0 Å². The highest BCUT2D eigenvalue weighted by atomic mass is 35.5. The van der Waals surface area contributed by atoms with Crippen molar-refractivity contribution in [3.63, 3.8) is 0 Å². The van der Waals surface area contributed by atoms with Gasteiger partial charge < -0.3 is 10.6 Å². The van der Waals surface area contributed by atoms with Gasteiger partial charge in [-0.25, -0.2) is 9.97 Å². The Kier molecular flexibility index (Phi) is 4.90. The summed E-state index contributed by atoms with van der Waals surface area (Å²) in [5.41, 5.74) is 6.80. The Morgan fingerprint density at radius 2 is 1.96 bits per heavy atom. The first-order chi connectivity index (χ1) is 12.6. The molecule has 0 saturated carbocycles. The van der Waals surface area contributed by atoms with Gasteiger partial charge in [-0.05, 0) is 31.0 Å². The molecule has 1 aromatic carbocycles. The number of piperazine rings is 1. The lowest BCUT2D eigenvalue weighted by molar-refractivity contribution is 0.203. The molecule has 4 rings (SSSR count). The van der Waals surface area contributed by atoms with Crippen molar-refractivity contribution in [3.05, 3.63) is 46.2 Å². The van der Waals surface area contributed by atoms with Crippen molar-refractivity contribution in [2.45, 2.75) is 24.9 Å². The second-order valence-corrected chi connectivity index (χ2v) is 7.43. The molecule has 0 bridgehead atoms. The third-order valence-corrected chi connectivity index (χ3v) is 5.56. The molecule has 1 aromatic heterocycles. The molecule has 0 spiro atoms. The Labute approximate surface area is 163 Å². The van der Waals surface area contributed by atoms with Gasteiger partial charge in [0.1, 0.15) is 0 Å². The fourth-order valence-electron chi connectivity index (χ4n) is 3.74. The van der Waals surface area contributed by atoms with Crippen LogP contribution in [0.1, 0.15) is 18.4 Å². The van der Waals surface area contributed by atoms with Gasteiger partial charge in [-0.3, -0.25) is 4.90 Å². The van der Waals surface area contributed by atoms with Gasteiger partial charge in [0.2, 0.25) is 0 Å². The minimum absolute atomic E-state index is 0.257. The van der Waals surface area contributed by atoms with E-state index in [1.807, 2.05) is 12.1 Å². The summed E-state index contributed by atoms with van der Waals surface area (Å²) in [5.74, 6) is 7.91. The Bertz CT molecular complexity index is 876. The van der Waals surface area contributed by atoms with E-state index in [9.17, 15) is 0 Å². The molecule has 0 radical (unpaired) electrons. The van der Waals surface area contributed by atoms with Crippen LogP contribution in [-0.4, -0.2) is 46.6 Å². The van der Waals surface area contributed by atoms with Crippen molar-refractivity contribution in [1.29, 1.82) is 0 Å². The number of aromatic nitrogens is 2. The molecule has 2 N–H and O–H groups in total. The van der Waals surface area contributed by atoms with Crippen LogP contribution in [0.25, 0.3) is 0 Å². The van der Waals surface area contributed by atoms with E-state index >= 15 is 0 Å². The van der Waals surface area contributed by atoms with E-state index in [0.29, 0.717) is 21.9 Å². The number of nitrogen functional groups attached to an aromatic ring is 1. The fourth-order valence-corrected chi connectivity index (χ4v) is 4.19. The van der Waals surface area contributed by atoms with Gasteiger partial charge in [0.15, 0.2) is 11.6 Å². The Hall–Kier alpha value is -2.00. The molecular weight excluding hydrogens is 369 g/mol. The molecule has 2 aromatic rings. The molecule has 3 heterocycles. The van der Waals surface area contributed by atoms with Gasteiger partial charge in [-0.2, -0.15) is 0 Å². The Morgan fingerprint density at radius 3 is 2.77 bits per heavy atom. The molecule has 2 aliphatic heterocycles. The normalized spacial score (nSPS) is 22.6. The van der Waals surface area contributed by atoms with Crippen LogP contribution in [0.3, 0.4) is 0 Å². The number of hydrogen-bond acceptors (Lipinski definition) is 5. The molecule has 5 nitrogen and oxygen atoms in total. The molecule has 2 saturated heterocycles. The van der Waals surface area contributed by atoms with Crippen LogP contribution in [0.2, 0.25) is 10.0 Å². The number of nitrogens with two attached hydrogens (primary N) is 1. The summed E-state index contributed by atoms with van der Waals surface area (Å²) in [4.78, 5) is 13.3. The maximum absolute atomic E-state index is 6.22. The molecular formula is C19H19Cl2N5. The largest absolute Gasteiger partial charge is 0.381 e. The number of benzene rings is 1. The van der Waals surface area contributed by atoms with Gasteiger partial charge in [0.25, 0.3) is 0 Å². The van der Waals surface area contributed by atoms with Crippen LogP contribution in [0, 0.1) is 11.8 Å². The van der Waals surface area contributed by atoms with Crippen LogP contribution in [0.4, 0.5) is 11.6 Å². The topological polar surface area (TPSA) is 58.3 Å². The number of anilines is 2. The van der Waals surface area contributed by atoms with E-state index in [4.69, 9.17) is 28.9 Å². The highest BCUT2D eigenvalue weighted by Crippen LogP contribution is 2.30. The average molecular weight is 388 g/mol. The molecule has 0 amide bonds. The molecule has 26 heavy (non-hydrogen) atoms.